The number of alkyl halides is 3. The van der Waals surface area contributed by atoms with Crippen LogP contribution in [0.25, 0.3) is 11.0 Å². The van der Waals surface area contributed by atoms with E-state index in [4.69, 9.17) is 0 Å². The molecule has 4 N–H and O–H groups in total. The molecule has 0 spiro atoms. The highest BCUT2D eigenvalue weighted by molar-refractivity contribution is 6.13. The summed E-state index contributed by atoms with van der Waals surface area (Å²) in [5.41, 5.74) is 1.73. The fraction of sp³-hybridized carbons (Fsp3) is 0.250. The van der Waals surface area contributed by atoms with E-state index in [9.17, 15) is 22.8 Å². The van der Waals surface area contributed by atoms with E-state index in [1.165, 1.54) is 24.4 Å². The van der Waals surface area contributed by atoms with Crippen molar-refractivity contribution in [3.8, 4) is 0 Å². The van der Waals surface area contributed by atoms with Crippen molar-refractivity contribution in [3.05, 3.63) is 88.7 Å². The molecule has 2 aromatic carbocycles. The number of H-pyrrole nitrogens is 1. The van der Waals surface area contributed by atoms with E-state index in [2.05, 4.69) is 25.9 Å². The first kappa shape index (κ1) is 26.4. The molecular weight excluding hydrogens is 509 g/mol. The first-order chi connectivity index (χ1) is 18.7. The third kappa shape index (κ3) is 5.94. The lowest BCUT2D eigenvalue weighted by molar-refractivity contribution is -0.138. The van der Waals surface area contributed by atoms with Crippen LogP contribution in [0.2, 0.25) is 0 Å². The van der Waals surface area contributed by atoms with Gasteiger partial charge < -0.3 is 20.9 Å². The maximum Gasteiger partial charge on any atom is 0.416 e. The lowest BCUT2D eigenvalue weighted by atomic mass is 10.0. The second kappa shape index (κ2) is 10.9. The number of aryl methyl sites for hydroxylation is 1. The Morgan fingerprint density at radius 3 is 2.56 bits per heavy atom. The molecule has 8 nitrogen and oxygen atoms in total. The number of aromatic nitrogens is 2. The van der Waals surface area contributed by atoms with E-state index in [1.54, 1.807) is 37.4 Å². The number of carbonyl (C=O) groups is 2. The van der Waals surface area contributed by atoms with Crippen molar-refractivity contribution in [2.75, 3.05) is 36.8 Å². The minimum Gasteiger partial charge on any atom is -0.346 e. The third-order valence-electron chi connectivity index (χ3n) is 6.73. The lowest BCUT2D eigenvalue weighted by Crippen LogP contribution is -2.43. The number of piperazine rings is 1. The van der Waals surface area contributed by atoms with Crippen molar-refractivity contribution in [2.24, 2.45) is 0 Å². The Bertz CT molecular complexity index is 1530. The van der Waals surface area contributed by atoms with Crippen molar-refractivity contribution in [1.82, 2.24) is 20.2 Å². The van der Waals surface area contributed by atoms with E-state index in [1.807, 2.05) is 4.90 Å². The van der Waals surface area contributed by atoms with Gasteiger partial charge in [0.1, 0.15) is 5.65 Å². The number of pyridine rings is 1. The van der Waals surface area contributed by atoms with Crippen molar-refractivity contribution >= 4 is 34.2 Å². The average Bonchev–Trinajstić information content (AvgIpc) is 3.40. The molecule has 0 unspecified atom stereocenters. The van der Waals surface area contributed by atoms with Gasteiger partial charge in [0.25, 0.3) is 11.8 Å². The molecule has 0 atom stereocenters. The molecule has 2 amide bonds. The SMILES string of the molecule is Cc1ccc(C(=O)Nc2ccc(CN3CCNCC3)c(C(F)(F)F)c2)cc1NC(=O)c1ccnc2[nH]ccc12. The zero-order valence-corrected chi connectivity index (χ0v) is 21.2. The van der Waals surface area contributed by atoms with Gasteiger partial charge >= 0.3 is 6.18 Å². The fourth-order valence-corrected chi connectivity index (χ4v) is 4.62. The van der Waals surface area contributed by atoms with Crippen LogP contribution in [0.5, 0.6) is 0 Å². The maximum atomic E-state index is 13.9. The predicted molar refractivity (Wildman–Crippen MR) is 143 cm³/mol. The Balaban J connectivity index is 1.34. The van der Waals surface area contributed by atoms with Gasteiger partial charge in [0.05, 0.1) is 11.1 Å². The molecule has 2 aromatic heterocycles. The number of rotatable bonds is 6. The predicted octanol–water partition coefficient (Wildman–Crippen LogP) is 4.80. The topological polar surface area (TPSA) is 102 Å². The van der Waals surface area contributed by atoms with Crippen LogP contribution in [0.1, 0.15) is 37.4 Å². The smallest absolute Gasteiger partial charge is 0.346 e. The summed E-state index contributed by atoms with van der Waals surface area (Å²) in [6, 6.07) is 11.9. The highest BCUT2D eigenvalue weighted by atomic mass is 19.4. The van der Waals surface area contributed by atoms with Gasteiger partial charge in [-0.25, -0.2) is 4.98 Å². The monoisotopic (exact) mass is 536 g/mol. The van der Waals surface area contributed by atoms with Gasteiger partial charge in [-0.3, -0.25) is 14.5 Å². The van der Waals surface area contributed by atoms with Crippen molar-refractivity contribution in [2.45, 2.75) is 19.6 Å². The summed E-state index contributed by atoms with van der Waals surface area (Å²) < 4.78 is 41.7. The van der Waals surface area contributed by atoms with E-state index >= 15 is 0 Å². The number of anilines is 2. The molecule has 11 heteroatoms. The molecule has 202 valence electrons. The number of hydrogen-bond acceptors (Lipinski definition) is 5. The highest BCUT2D eigenvalue weighted by Gasteiger charge is 2.34. The standard InChI is InChI=1S/C28H27F3N6O2/c1-17-2-3-18(14-24(17)36-27(39)22-7-9-34-25-21(22)6-8-33-25)26(38)35-20-5-4-19(23(15-20)28(29,30)31)16-37-12-10-32-11-13-37/h2-9,14-15,32H,10-13,16H2,1H3,(H,33,34)(H,35,38)(H,36,39). The van der Waals surface area contributed by atoms with Crippen molar-refractivity contribution in [3.63, 3.8) is 0 Å². The second-order valence-corrected chi connectivity index (χ2v) is 9.43. The number of nitrogens with one attached hydrogen (secondary N) is 4. The quantitative estimate of drug-likeness (QED) is 0.284. The molecule has 0 saturated carbocycles. The van der Waals surface area contributed by atoms with E-state index in [0.717, 1.165) is 24.7 Å². The second-order valence-electron chi connectivity index (χ2n) is 9.43. The van der Waals surface area contributed by atoms with Gasteiger partial charge in [0, 0.05) is 67.4 Å². The molecule has 3 heterocycles. The molecule has 0 aliphatic carbocycles. The largest absolute Gasteiger partial charge is 0.416 e. The summed E-state index contributed by atoms with van der Waals surface area (Å²) >= 11 is 0. The van der Waals surface area contributed by atoms with Gasteiger partial charge in [-0.1, -0.05) is 12.1 Å². The number of amides is 2. The van der Waals surface area contributed by atoms with Crippen LogP contribution >= 0.6 is 0 Å². The van der Waals surface area contributed by atoms with Gasteiger partial charge in [-0.05, 0) is 54.4 Å². The summed E-state index contributed by atoms with van der Waals surface area (Å²) in [7, 11) is 0. The van der Waals surface area contributed by atoms with Crippen LogP contribution in [-0.2, 0) is 12.7 Å². The van der Waals surface area contributed by atoms with Crippen LogP contribution in [0, 0.1) is 6.92 Å². The van der Waals surface area contributed by atoms with Crippen LogP contribution in [0.15, 0.2) is 60.9 Å². The van der Waals surface area contributed by atoms with Gasteiger partial charge in [0.2, 0.25) is 0 Å². The van der Waals surface area contributed by atoms with E-state index in [-0.39, 0.29) is 29.3 Å². The minimum absolute atomic E-state index is 0.0363. The Labute approximate surface area is 222 Å². The lowest BCUT2D eigenvalue weighted by Gasteiger charge is -2.28. The number of hydrogen-bond donors (Lipinski definition) is 4. The number of aromatic amines is 1. The summed E-state index contributed by atoms with van der Waals surface area (Å²) in [5.74, 6) is -0.969. The number of carbonyl (C=O) groups excluding carboxylic acids is 2. The zero-order chi connectivity index (χ0) is 27.6. The molecule has 1 saturated heterocycles. The van der Waals surface area contributed by atoms with Crippen LogP contribution in [0.3, 0.4) is 0 Å². The molecule has 5 rings (SSSR count). The number of halogens is 3. The molecular formula is C28H27F3N6O2. The summed E-state index contributed by atoms with van der Waals surface area (Å²) in [6.45, 7) is 4.75. The summed E-state index contributed by atoms with van der Waals surface area (Å²) in [6.07, 6.45) is -1.36. The average molecular weight is 537 g/mol. The van der Waals surface area contributed by atoms with Crippen LogP contribution in [-0.4, -0.2) is 52.9 Å². The van der Waals surface area contributed by atoms with Crippen LogP contribution < -0.4 is 16.0 Å². The molecule has 0 bridgehead atoms. The van der Waals surface area contributed by atoms with Crippen molar-refractivity contribution < 1.29 is 22.8 Å². The third-order valence-corrected chi connectivity index (χ3v) is 6.73. The fourth-order valence-electron chi connectivity index (χ4n) is 4.62. The van der Waals surface area contributed by atoms with Gasteiger partial charge in [-0.2, -0.15) is 13.2 Å². The molecule has 1 aliphatic rings. The molecule has 1 fully saturated rings. The summed E-state index contributed by atoms with van der Waals surface area (Å²) in [5, 5.41) is 9.23. The molecule has 0 radical (unpaired) electrons. The van der Waals surface area contributed by atoms with Gasteiger partial charge in [-0.15, -0.1) is 0 Å². The Morgan fingerprint density at radius 2 is 1.79 bits per heavy atom. The Morgan fingerprint density at radius 1 is 1.00 bits per heavy atom. The zero-order valence-electron chi connectivity index (χ0n) is 21.2. The molecule has 1 aliphatic heterocycles. The summed E-state index contributed by atoms with van der Waals surface area (Å²) in [4.78, 5) is 35.1. The van der Waals surface area contributed by atoms with Crippen molar-refractivity contribution in [1.29, 1.82) is 0 Å². The first-order valence-electron chi connectivity index (χ1n) is 12.5. The normalized spacial score (nSPS) is 14.4. The van der Waals surface area contributed by atoms with Gasteiger partial charge in [0.15, 0.2) is 0 Å². The van der Waals surface area contributed by atoms with E-state index < -0.39 is 17.6 Å². The minimum atomic E-state index is -4.57. The van der Waals surface area contributed by atoms with E-state index in [0.29, 0.717) is 35.4 Å². The maximum absolute atomic E-state index is 13.9. The Kier molecular flexibility index (Phi) is 7.36. The Hall–Kier alpha value is -4.22. The number of fused-ring (bicyclic) bond motifs is 1. The first-order valence-corrected chi connectivity index (χ1v) is 12.5. The molecule has 39 heavy (non-hydrogen) atoms. The highest BCUT2D eigenvalue weighted by Crippen LogP contribution is 2.35. The molecule has 4 aromatic rings. The number of nitrogens with zero attached hydrogens (tertiary/aromatic N) is 2. The van der Waals surface area contributed by atoms with Crippen LogP contribution in [0.4, 0.5) is 24.5 Å². The number of benzene rings is 2.